The van der Waals surface area contributed by atoms with E-state index in [2.05, 4.69) is 9.80 Å². The Bertz CT molecular complexity index is 431. The van der Waals surface area contributed by atoms with Crippen LogP contribution in [-0.4, -0.2) is 66.4 Å². The van der Waals surface area contributed by atoms with Crippen LogP contribution >= 0.6 is 0 Å². The number of hydrogen-bond acceptors (Lipinski definition) is 5. The predicted octanol–water partition coefficient (Wildman–Crippen LogP) is 2.11. The molecule has 1 aromatic heterocycles. The van der Waals surface area contributed by atoms with Gasteiger partial charge in [-0.2, -0.15) is 0 Å². The summed E-state index contributed by atoms with van der Waals surface area (Å²) in [6, 6.07) is 4.35. The number of aliphatic hydroxyl groups excluding tert-OH is 1. The van der Waals surface area contributed by atoms with Crippen molar-refractivity contribution in [3.63, 3.8) is 0 Å². The Labute approximate surface area is 139 Å². The third-order valence-corrected chi connectivity index (χ3v) is 5.00. The fourth-order valence-electron chi connectivity index (χ4n) is 3.80. The minimum absolute atomic E-state index is 0.369. The van der Waals surface area contributed by atoms with Gasteiger partial charge in [0.05, 0.1) is 19.0 Å². The number of piperidine rings is 1. The summed E-state index contributed by atoms with van der Waals surface area (Å²) in [6.07, 6.45) is 7.80. The van der Waals surface area contributed by atoms with Crippen LogP contribution in [0.25, 0.3) is 0 Å². The van der Waals surface area contributed by atoms with Crippen molar-refractivity contribution in [1.82, 2.24) is 9.80 Å². The van der Waals surface area contributed by atoms with E-state index >= 15 is 0 Å². The Balaban J connectivity index is 1.37. The van der Waals surface area contributed by atoms with Gasteiger partial charge in [0, 0.05) is 19.1 Å². The minimum atomic E-state index is -0.424. The Morgan fingerprint density at radius 2 is 2.09 bits per heavy atom. The molecule has 0 radical (unpaired) electrons. The molecule has 23 heavy (non-hydrogen) atoms. The summed E-state index contributed by atoms with van der Waals surface area (Å²) in [4.78, 5) is 5.06. The number of nitrogens with zero attached hydrogens (tertiary/aromatic N) is 2. The van der Waals surface area contributed by atoms with Crippen molar-refractivity contribution in [2.45, 2.75) is 50.9 Å². The summed E-state index contributed by atoms with van der Waals surface area (Å²) >= 11 is 0. The van der Waals surface area contributed by atoms with Crippen molar-refractivity contribution in [3.8, 4) is 0 Å². The standard InChI is InChI=1S/C18H30N2O3/c21-17(14-22-15-18-7-5-11-23-18)13-20-10-4-6-16(20)12-19-8-2-1-3-9-19/h5,7,11,16-17,21H,1-4,6,8-10,12-15H2. The molecule has 5 heteroatoms. The summed E-state index contributed by atoms with van der Waals surface area (Å²) in [5.74, 6) is 0.807. The Morgan fingerprint density at radius 1 is 1.22 bits per heavy atom. The molecule has 1 aromatic rings. The molecule has 2 aliphatic rings. The molecule has 3 rings (SSSR count). The maximum absolute atomic E-state index is 10.3. The van der Waals surface area contributed by atoms with Crippen molar-refractivity contribution < 1.29 is 14.3 Å². The molecule has 3 heterocycles. The summed E-state index contributed by atoms with van der Waals surface area (Å²) in [7, 11) is 0. The highest BCUT2D eigenvalue weighted by atomic mass is 16.5. The Morgan fingerprint density at radius 3 is 2.87 bits per heavy atom. The van der Waals surface area contributed by atoms with E-state index < -0.39 is 6.10 Å². The topological polar surface area (TPSA) is 49.1 Å². The number of likely N-dealkylation sites (tertiary alicyclic amines) is 2. The Hall–Kier alpha value is -0.880. The summed E-state index contributed by atoms with van der Waals surface area (Å²) < 4.78 is 10.8. The van der Waals surface area contributed by atoms with E-state index in [1.807, 2.05) is 12.1 Å². The molecular weight excluding hydrogens is 292 g/mol. The van der Waals surface area contributed by atoms with Gasteiger partial charge in [-0.1, -0.05) is 6.42 Å². The second kappa shape index (κ2) is 8.83. The fraction of sp³-hybridized carbons (Fsp3) is 0.778. The van der Waals surface area contributed by atoms with E-state index in [9.17, 15) is 5.11 Å². The number of rotatable bonds is 8. The van der Waals surface area contributed by atoms with Gasteiger partial charge in [0.15, 0.2) is 0 Å². The van der Waals surface area contributed by atoms with Gasteiger partial charge in [0.1, 0.15) is 12.4 Å². The second-order valence-corrected chi connectivity index (χ2v) is 6.90. The molecule has 2 unspecified atom stereocenters. The first-order chi connectivity index (χ1) is 11.3. The zero-order chi connectivity index (χ0) is 15.9. The van der Waals surface area contributed by atoms with Gasteiger partial charge >= 0.3 is 0 Å². The van der Waals surface area contributed by atoms with Crippen LogP contribution in [0.3, 0.4) is 0 Å². The number of aliphatic hydroxyl groups is 1. The lowest BCUT2D eigenvalue weighted by molar-refractivity contribution is 0.000768. The number of hydrogen-bond donors (Lipinski definition) is 1. The van der Waals surface area contributed by atoms with Crippen molar-refractivity contribution in [1.29, 1.82) is 0 Å². The molecule has 0 aromatic carbocycles. The van der Waals surface area contributed by atoms with Crippen LogP contribution in [0.15, 0.2) is 22.8 Å². The first-order valence-corrected chi connectivity index (χ1v) is 9.06. The molecule has 1 N–H and O–H groups in total. The molecule has 2 atom stereocenters. The maximum Gasteiger partial charge on any atom is 0.129 e. The normalized spacial score (nSPS) is 25.0. The number of β-amino-alcohol motifs (C(OH)–C–C–N with tert-alkyl or cyclic N) is 1. The molecule has 0 amide bonds. The molecule has 0 aliphatic carbocycles. The van der Waals surface area contributed by atoms with E-state index in [-0.39, 0.29) is 0 Å². The van der Waals surface area contributed by atoms with Gasteiger partial charge in [0.2, 0.25) is 0 Å². The molecule has 2 aliphatic heterocycles. The lowest BCUT2D eigenvalue weighted by atomic mass is 10.1. The third-order valence-electron chi connectivity index (χ3n) is 5.00. The molecule has 130 valence electrons. The highest BCUT2D eigenvalue weighted by Crippen LogP contribution is 2.20. The van der Waals surface area contributed by atoms with E-state index in [1.54, 1.807) is 6.26 Å². The van der Waals surface area contributed by atoms with E-state index in [4.69, 9.17) is 9.15 Å². The van der Waals surface area contributed by atoms with Crippen LogP contribution < -0.4 is 0 Å². The lowest BCUT2D eigenvalue weighted by Crippen LogP contribution is -2.45. The SMILES string of the molecule is OC(COCc1ccco1)CN1CCCC1CN1CCCCC1. The van der Waals surface area contributed by atoms with Gasteiger partial charge in [-0.05, 0) is 57.5 Å². The second-order valence-electron chi connectivity index (χ2n) is 6.90. The van der Waals surface area contributed by atoms with E-state index in [0.717, 1.165) is 18.8 Å². The van der Waals surface area contributed by atoms with Gasteiger partial charge in [0.25, 0.3) is 0 Å². The van der Waals surface area contributed by atoms with Crippen molar-refractivity contribution in [2.75, 3.05) is 39.3 Å². The van der Waals surface area contributed by atoms with Crippen molar-refractivity contribution in [2.24, 2.45) is 0 Å². The van der Waals surface area contributed by atoms with Crippen LogP contribution in [0.4, 0.5) is 0 Å². The number of ether oxygens (including phenoxy) is 1. The van der Waals surface area contributed by atoms with Crippen LogP contribution in [0, 0.1) is 0 Å². The number of furan rings is 1. The molecular formula is C18H30N2O3. The van der Waals surface area contributed by atoms with Crippen LogP contribution in [0.5, 0.6) is 0 Å². The van der Waals surface area contributed by atoms with E-state index in [1.165, 1.54) is 51.7 Å². The van der Waals surface area contributed by atoms with Crippen molar-refractivity contribution >= 4 is 0 Å². The largest absolute Gasteiger partial charge is 0.467 e. The summed E-state index contributed by atoms with van der Waals surface area (Å²) in [5, 5.41) is 10.3. The summed E-state index contributed by atoms with van der Waals surface area (Å²) in [5.41, 5.74) is 0. The van der Waals surface area contributed by atoms with Crippen LogP contribution in [0.1, 0.15) is 37.9 Å². The predicted molar refractivity (Wildman–Crippen MR) is 89.3 cm³/mol. The van der Waals surface area contributed by atoms with Crippen molar-refractivity contribution in [3.05, 3.63) is 24.2 Å². The highest BCUT2D eigenvalue weighted by molar-refractivity contribution is 4.96. The quantitative estimate of drug-likeness (QED) is 0.794. The molecule has 0 spiro atoms. The lowest BCUT2D eigenvalue weighted by Gasteiger charge is -2.33. The molecule has 0 saturated carbocycles. The molecule has 0 bridgehead atoms. The summed E-state index contributed by atoms with van der Waals surface area (Å²) in [6.45, 7) is 6.29. The van der Waals surface area contributed by atoms with E-state index in [0.29, 0.717) is 19.3 Å². The van der Waals surface area contributed by atoms with Crippen LogP contribution in [-0.2, 0) is 11.3 Å². The maximum atomic E-state index is 10.3. The van der Waals surface area contributed by atoms with Gasteiger partial charge in [-0.3, -0.25) is 4.90 Å². The highest BCUT2D eigenvalue weighted by Gasteiger charge is 2.28. The average molecular weight is 322 g/mol. The Kier molecular flexibility index (Phi) is 6.51. The smallest absolute Gasteiger partial charge is 0.129 e. The zero-order valence-corrected chi connectivity index (χ0v) is 14.0. The average Bonchev–Trinajstić information content (AvgIpc) is 3.21. The van der Waals surface area contributed by atoms with Gasteiger partial charge < -0.3 is 19.2 Å². The molecule has 2 fully saturated rings. The van der Waals surface area contributed by atoms with Crippen LogP contribution in [0.2, 0.25) is 0 Å². The zero-order valence-electron chi connectivity index (χ0n) is 14.0. The van der Waals surface area contributed by atoms with Gasteiger partial charge in [-0.25, -0.2) is 0 Å². The molecule has 5 nitrogen and oxygen atoms in total. The minimum Gasteiger partial charge on any atom is -0.467 e. The molecule has 2 saturated heterocycles. The fourth-order valence-corrected chi connectivity index (χ4v) is 3.80. The third kappa shape index (κ3) is 5.31. The first kappa shape index (κ1) is 17.0. The monoisotopic (exact) mass is 322 g/mol. The van der Waals surface area contributed by atoms with Gasteiger partial charge in [-0.15, -0.1) is 0 Å². The first-order valence-electron chi connectivity index (χ1n) is 9.06.